The quantitative estimate of drug-likeness (QED) is 0.775. The van der Waals surface area contributed by atoms with Gasteiger partial charge in [-0.25, -0.2) is 9.59 Å². The molecule has 0 spiro atoms. The first-order valence-corrected chi connectivity index (χ1v) is 7.53. The predicted molar refractivity (Wildman–Crippen MR) is 82.9 cm³/mol. The van der Waals surface area contributed by atoms with Crippen molar-refractivity contribution in [2.75, 3.05) is 12.4 Å². The summed E-state index contributed by atoms with van der Waals surface area (Å²) >= 11 is 1.30. The van der Waals surface area contributed by atoms with E-state index in [1.54, 1.807) is 6.07 Å². The molecule has 0 aliphatic rings. The summed E-state index contributed by atoms with van der Waals surface area (Å²) in [7, 11) is 1.27. The van der Waals surface area contributed by atoms with Crippen LogP contribution in [0.25, 0.3) is 0 Å². The number of methoxy groups -OCH3 is 1. The van der Waals surface area contributed by atoms with Crippen LogP contribution < -0.4 is 5.32 Å². The van der Waals surface area contributed by atoms with E-state index in [0.29, 0.717) is 10.6 Å². The van der Waals surface area contributed by atoms with Crippen LogP contribution in [0.5, 0.6) is 0 Å². The predicted octanol–water partition coefficient (Wildman–Crippen LogP) is 1.63. The van der Waals surface area contributed by atoms with Gasteiger partial charge in [0.2, 0.25) is 5.91 Å². The zero-order chi connectivity index (χ0) is 17.0. The minimum absolute atomic E-state index is 0.141. The summed E-state index contributed by atoms with van der Waals surface area (Å²) in [5.74, 6) is -2.11. The van der Waals surface area contributed by atoms with Crippen molar-refractivity contribution >= 4 is 34.2 Å². The molecule has 0 unspecified atom stereocenters. The summed E-state index contributed by atoms with van der Waals surface area (Å²) in [6.07, 6.45) is 2.13. The maximum Gasteiger partial charge on any atom is 0.356 e. The average molecular weight is 337 g/mol. The van der Waals surface area contributed by atoms with Crippen molar-refractivity contribution in [3.8, 4) is 0 Å². The third-order valence-electron chi connectivity index (χ3n) is 2.96. The second-order valence-electron chi connectivity index (χ2n) is 4.55. The lowest BCUT2D eigenvalue weighted by molar-refractivity contribution is -0.116. The topological polar surface area (TPSA) is 111 Å². The van der Waals surface area contributed by atoms with Crippen molar-refractivity contribution in [3.05, 3.63) is 34.5 Å². The molecule has 0 atom stereocenters. The molecule has 0 fully saturated rings. The van der Waals surface area contributed by atoms with Gasteiger partial charge >= 0.3 is 11.9 Å². The number of thiophene rings is 1. The highest BCUT2D eigenvalue weighted by atomic mass is 32.1. The van der Waals surface area contributed by atoms with Crippen LogP contribution in [0.3, 0.4) is 0 Å². The van der Waals surface area contributed by atoms with Crippen molar-refractivity contribution in [1.82, 2.24) is 9.78 Å². The van der Waals surface area contributed by atoms with E-state index in [4.69, 9.17) is 9.84 Å². The molecule has 9 heteroatoms. The van der Waals surface area contributed by atoms with E-state index in [-0.39, 0.29) is 12.2 Å². The van der Waals surface area contributed by atoms with E-state index >= 15 is 0 Å². The molecule has 1 amide bonds. The molecule has 0 aliphatic heterocycles. The van der Waals surface area contributed by atoms with Crippen molar-refractivity contribution in [2.24, 2.45) is 0 Å². The van der Waals surface area contributed by atoms with E-state index in [2.05, 4.69) is 10.4 Å². The molecule has 0 saturated carbocycles. The maximum atomic E-state index is 12.1. The Morgan fingerprint density at radius 3 is 2.74 bits per heavy atom. The number of esters is 1. The minimum atomic E-state index is -1.16. The van der Waals surface area contributed by atoms with E-state index in [9.17, 15) is 14.4 Å². The fourth-order valence-corrected chi connectivity index (χ4v) is 2.85. The molecule has 23 heavy (non-hydrogen) atoms. The van der Waals surface area contributed by atoms with Crippen molar-refractivity contribution in [2.45, 2.75) is 19.9 Å². The van der Waals surface area contributed by atoms with Gasteiger partial charge in [0.15, 0.2) is 5.69 Å². The van der Waals surface area contributed by atoms with Gasteiger partial charge in [-0.2, -0.15) is 5.10 Å². The zero-order valence-corrected chi connectivity index (χ0v) is 13.3. The molecule has 0 bridgehead atoms. The summed E-state index contributed by atoms with van der Waals surface area (Å²) in [5, 5.41) is 15.6. The first-order valence-electron chi connectivity index (χ1n) is 6.72. The van der Waals surface area contributed by atoms with Gasteiger partial charge in [-0.1, -0.05) is 6.92 Å². The number of aromatic nitrogens is 2. The molecule has 2 heterocycles. The Kier molecular flexibility index (Phi) is 5.12. The lowest BCUT2D eigenvalue weighted by atomic mass is 10.2. The highest BCUT2D eigenvalue weighted by Gasteiger charge is 2.18. The van der Waals surface area contributed by atoms with E-state index < -0.39 is 17.8 Å². The van der Waals surface area contributed by atoms with Gasteiger partial charge in [-0.05, 0) is 18.6 Å². The van der Waals surface area contributed by atoms with Crippen LogP contribution in [-0.2, 0) is 22.5 Å². The number of nitrogens with one attached hydrogen (secondary N) is 1. The number of hydrogen-bond acceptors (Lipinski definition) is 6. The van der Waals surface area contributed by atoms with Gasteiger partial charge in [0.05, 0.1) is 12.7 Å². The Balaban J connectivity index is 2.11. The molecule has 2 aromatic rings. The van der Waals surface area contributed by atoms with Gasteiger partial charge in [-0.15, -0.1) is 11.3 Å². The first-order chi connectivity index (χ1) is 10.9. The number of nitrogens with zero attached hydrogens (tertiary/aromatic N) is 2. The monoisotopic (exact) mass is 337 g/mol. The number of aromatic carboxylic acids is 1. The summed E-state index contributed by atoms with van der Waals surface area (Å²) in [6.45, 7) is 1.78. The third-order valence-corrected chi connectivity index (χ3v) is 4.15. The average Bonchev–Trinajstić information content (AvgIpc) is 3.13. The van der Waals surface area contributed by atoms with Crippen LogP contribution in [0, 0.1) is 0 Å². The Labute approximate surface area is 135 Å². The van der Waals surface area contributed by atoms with E-state index in [0.717, 1.165) is 11.3 Å². The first kappa shape index (κ1) is 16.7. The normalized spacial score (nSPS) is 10.3. The molecule has 2 aromatic heterocycles. The number of carbonyl (C=O) groups excluding carboxylic acids is 2. The molecule has 0 aromatic carbocycles. The van der Waals surface area contributed by atoms with Crippen LogP contribution in [-0.4, -0.2) is 39.8 Å². The minimum Gasteiger partial charge on any atom is -0.476 e. The highest BCUT2D eigenvalue weighted by Crippen LogP contribution is 2.29. The molecule has 0 radical (unpaired) electrons. The SMILES string of the molecule is CCc1cc(C(=O)OC)c(NC(=O)Cn2ccc(C(=O)O)n2)s1. The molecule has 0 saturated heterocycles. The van der Waals surface area contributed by atoms with Crippen LogP contribution in [0.15, 0.2) is 18.3 Å². The van der Waals surface area contributed by atoms with E-state index in [1.807, 2.05) is 6.92 Å². The number of carbonyl (C=O) groups is 3. The number of ether oxygens (including phenoxy) is 1. The van der Waals surface area contributed by atoms with Gasteiger partial charge in [0.1, 0.15) is 11.5 Å². The van der Waals surface area contributed by atoms with Crippen molar-refractivity contribution in [1.29, 1.82) is 0 Å². The molecular formula is C14H15N3O5S. The van der Waals surface area contributed by atoms with Gasteiger partial charge < -0.3 is 15.2 Å². The number of carboxylic acids is 1. The van der Waals surface area contributed by atoms with Gasteiger partial charge in [0, 0.05) is 11.1 Å². The second kappa shape index (κ2) is 7.05. The highest BCUT2D eigenvalue weighted by molar-refractivity contribution is 7.16. The number of hydrogen-bond donors (Lipinski definition) is 2. The summed E-state index contributed by atoms with van der Waals surface area (Å²) in [4.78, 5) is 35.5. The molecule has 122 valence electrons. The second-order valence-corrected chi connectivity index (χ2v) is 5.69. The van der Waals surface area contributed by atoms with Crippen LogP contribution in [0.1, 0.15) is 32.6 Å². The van der Waals surface area contributed by atoms with E-state index in [1.165, 1.54) is 35.4 Å². The number of rotatable bonds is 6. The van der Waals surface area contributed by atoms with Crippen molar-refractivity contribution < 1.29 is 24.2 Å². The fraction of sp³-hybridized carbons (Fsp3) is 0.286. The largest absolute Gasteiger partial charge is 0.476 e. The fourth-order valence-electron chi connectivity index (χ4n) is 1.85. The third kappa shape index (κ3) is 3.95. The molecule has 8 nitrogen and oxygen atoms in total. The summed E-state index contributed by atoms with van der Waals surface area (Å²) in [5.41, 5.74) is 0.159. The zero-order valence-electron chi connectivity index (χ0n) is 12.5. The standard InChI is InChI=1S/C14H15N3O5S/c1-3-8-6-9(14(21)22-2)12(23-8)15-11(18)7-17-5-4-10(16-17)13(19)20/h4-6H,3,7H2,1-2H3,(H,15,18)(H,19,20). The molecule has 0 aliphatic carbocycles. The molecule has 2 rings (SSSR count). The molecular weight excluding hydrogens is 322 g/mol. The van der Waals surface area contributed by atoms with Crippen LogP contribution >= 0.6 is 11.3 Å². The van der Waals surface area contributed by atoms with Crippen LogP contribution in [0.4, 0.5) is 5.00 Å². The van der Waals surface area contributed by atoms with Crippen molar-refractivity contribution in [3.63, 3.8) is 0 Å². The Hall–Kier alpha value is -2.68. The number of anilines is 1. The lowest BCUT2D eigenvalue weighted by Crippen LogP contribution is -2.20. The van der Waals surface area contributed by atoms with Gasteiger partial charge in [-0.3, -0.25) is 9.48 Å². The Morgan fingerprint density at radius 2 is 2.17 bits per heavy atom. The van der Waals surface area contributed by atoms with Gasteiger partial charge in [0.25, 0.3) is 0 Å². The molecule has 2 N–H and O–H groups in total. The smallest absolute Gasteiger partial charge is 0.356 e. The Morgan fingerprint density at radius 1 is 1.43 bits per heavy atom. The number of aryl methyl sites for hydroxylation is 1. The Bertz CT molecular complexity index is 749. The summed E-state index contributed by atoms with van der Waals surface area (Å²) < 4.78 is 5.91. The number of carboxylic acid groups (broad SMARTS) is 1. The summed E-state index contributed by atoms with van der Waals surface area (Å²) in [6, 6.07) is 2.98. The lowest BCUT2D eigenvalue weighted by Gasteiger charge is -2.05. The maximum absolute atomic E-state index is 12.1. The number of amides is 1. The van der Waals surface area contributed by atoms with Crippen LogP contribution in [0.2, 0.25) is 0 Å².